The number of aliphatic hydroxyl groups is 1. The molecule has 2 N–H and O–H groups in total. The summed E-state index contributed by atoms with van der Waals surface area (Å²) in [7, 11) is 2.18. The van der Waals surface area contributed by atoms with E-state index < -0.39 is 5.60 Å². The van der Waals surface area contributed by atoms with Gasteiger partial charge in [0.25, 0.3) is 0 Å². The smallest absolute Gasteiger partial charge is 0.0774 e. The van der Waals surface area contributed by atoms with Gasteiger partial charge in [0.05, 0.1) is 5.60 Å². The van der Waals surface area contributed by atoms with Gasteiger partial charge in [-0.3, -0.25) is 0 Å². The Bertz CT molecular complexity index is 281. The maximum Gasteiger partial charge on any atom is 0.0774 e. The number of rotatable bonds is 10. The quantitative estimate of drug-likeness (QED) is 0.650. The summed E-state index contributed by atoms with van der Waals surface area (Å²) < 4.78 is 0. The first-order valence-corrected chi connectivity index (χ1v) is 8.96. The zero-order valence-electron chi connectivity index (χ0n) is 15.0. The van der Waals surface area contributed by atoms with Gasteiger partial charge in [-0.25, -0.2) is 0 Å². The van der Waals surface area contributed by atoms with Crippen molar-refractivity contribution in [3.63, 3.8) is 0 Å². The number of hydrogen-bond acceptors (Lipinski definition) is 3. The standard InChI is InChI=1S/C18H38N2O/c1-6-17(7-2,13-19-12-16(3)4)14-20(5)15-18(21)10-8-9-11-18/h16,19,21H,6-15H2,1-5H3. The molecule has 0 atom stereocenters. The van der Waals surface area contributed by atoms with E-state index in [9.17, 15) is 5.11 Å². The van der Waals surface area contributed by atoms with E-state index in [0.29, 0.717) is 11.3 Å². The molecule has 0 aromatic heterocycles. The van der Waals surface area contributed by atoms with E-state index in [1.165, 1.54) is 25.7 Å². The average molecular weight is 299 g/mol. The van der Waals surface area contributed by atoms with Gasteiger partial charge in [-0.15, -0.1) is 0 Å². The van der Waals surface area contributed by atoms with Gasteiger partial charge in [-0.05, 0) is 50.6 Å². The minimum Gasteiger partial charge on any atom is -0.389 e. The van der Waals surface area contributed by atoms with Gasteiger partial charge in [-0.1, -0.05) is 40.5 Å². The fourth-order valence-electron chi connectivity index (χ4n) is 3.73. The van der Waals surface area contributed by atoms with Crippen molar-refractivity contribution in [2.24, 2.45) is 11.3 Å². The molecule has 0 heterocycles. The van der Waals surface area contributed by atoms with Gasteiger partial charge in [0, 0.05) is 19.6 Å². The maximum atomic E-state index is 10.6. The predicted molar refractivity (Wildman–Crippen MR) is 91.6 cm³/mol. The third-order valence-electron chi connectivity index (χ3n) is 5.26. The van der Waals surface area contributed by atoms with Crippen LogP contribution in [0.3, 0.4) is 0 Å². The van der Waals surface area contributed by atoms with Crippen molar-refractivity contribution in [2.75, 3.05) is 33.2 Å². The van der Waals surface area contributed by atoms with Crippen molar-refractivity contribution in [1.82, 2.24) is 10.2 Å². The minimum atomic E-state index is -0.423. The second-order valence-corrected chi connectivity index (χ2v) is 7.84. The highest BCUT2D eigenvalue weighted by Crippen LogP contribution is 2.32. The Hall–Kier alpha value is -0.120. The lowest BCUT2D eigenvalue weighted by Crippen LogP contribution is -2.47. The zero-order chi connectivity index (χ0) is 15.9. The Morgan fingerprint density at radius 2 is 1.76 bits per heavy atom. The summed E-state index contributed by atoms with van der Waals surface area (Å²) in [4.78, 5) is 2.37. The summed E-state index contributed by atoms with van der Waals surface area (Å²) in [5.41, 5.74) is -0.0913. The topological polar surface area (TPSA) is 35.5 Å². The van der Waals surface area contributed by atoms with E-state index in [1.807, 2.05) is 0 Å². The Labute approximate surface area is 132 Å². The third-order valence-corrected chi connectivity index (χ3v) is 5.26. The highest BCUT2D eigenvalue weighted by molar-refractivity contribution is 4.89. The molecule has 0 aromatic rings. The molecule has 21 heavy (non-hydrogen) atoms. The summed E-state index contributed by atoms with van der Waals surface area (Å²) in [6.45, 7) is 13.2. The van der Waals surface area contributed by atoms with Crippen LogP contribution in [0.15, 0.2) is 0 Å². The van der Waals surface area contributed by atoms with Crippen molar-refractivity contribution in [1.29, 1.82) is 0 Å². The second-order valence-electron chi connectivity index (χ2n) is 7.84. The van der Waals surface area contributed by atoms with E-state index in [4.69, 9.17) is 0 Å². The minimum absolute atomic E-state index is 0.332. The summed E-state index contributed by atoms with van der Waals surface area (Å²) in [5.74, 6) is 0.702. The molecule has 0 unspecified atom stereocenters. The van der Waals surface area contributed by atoms with Crippen LogP contribution >= 0.6 is 0 Å². The molecular formula is C18H38N2O. The van der Waals surface area contributed by atoms with Crippen LogP contribution < -0.4 is 5.32 Å². The lowest BCUT2D eigenvalue weighted by atomic mass is 9.81. The lowest BCUT2D eigenvalue weighted by molar-refractivity contribution is 0.00411. The van der Waals surface area contributed by atoms with Crippen molar-refractivity contribution in [3.05, 3.63) is 0 Å². The first-order valence-electron chi connectivity index (χ1n) is 8.96. The Morgan fingerprint density at radius 1 is 1.19 bits per heavy atom. The largest absolute Gasteiger partial charge is 0.389 e. The third kappa shape index (κ3) is 6.25. The SMILES string of the molecule is CCC(CC)(CNCC(C)C)CN(C)CC1(O)CCCC1. The maximum absolute atomic E-state index is 10.6. The normalized spacial score (nSPS) is 18.9. The van der Waals surface area contributed by atoms with Crippen LogP contribution in [0, 0.1) is 11.3 Å². The van der Waals surface area contributed by atoms with Crippen LogP contribution in [0.25, 0.3) is 0 Å². The molecule has 0 amide bonds. The van der Waals surface area contributed by atoms with E-state index in [2.05, 4.69) is 45.0 Å². The Morgan fingerprint density at radius 3 is 2.24 bits per heavy atom. The summed E-state index contributed by atoms with van der Waals surface area (Å²) >= 11 is 0. The molecule has 1 fully saturated rings. The van der Waals surface area contributed by atoms with Gasteiger partial charge >= 0.3 is 0 Å². The molecule has 0 aliphatic heterocycles. The molecule has 3 heteroatoms. The molecule has 1 saturated carbocycles. The van der Waals surface area contributed by atoms with Crippen LogP contribution in [0.5, 0.6) is 0 Å². The number of hydrogen-bond donors (Lipinski definition) is 2. The van der Waals surface area contributed by atoms with Crippen LogP contribution in [-0.2, 0) is 0 Å². The van der Waals surface area contributed by atoms with Crippen LogP contribution in [0.1, 0.15) is 66.2 Å². The van der Waals surface area contributed by atoms with Crippen molar-refractivity contribution < 1.29 is 5.11 Å². The van der Waals surface area contributed by atoms with Crippen LogP contribution in [-0.4, -0.2) is 48.8 Å². The van der Waals surface area contributed by atoms with E-state index in [0.717, 1.165) is 39.0 Å². The molecular weight excluding hydrogens is 260 g/mol. The number of likely N-dealkylation sites (N-methyl/N-ethyl adjacent to an activating group) is 1. The fraction of sp³-hybridized carbons (Fsp3) is 1.00. The van der Waals surface area contributed by atoms with Gasteiger partial charge in [-0.2, -0.15) is 0 Å². The van der Waals surface area contributed by atoms with E-state index in [1.54, 1.807) is 0 Å². The number of nitrogens with zero attached hydrogens (tertiary/aromatic N) is 1. The summed E-state index contributed by atoms with van der Waals surface area (Å²) in [6.07, 6.45) is 6.72. The molecule has 0 spiro atoms. The highest BCUT2D eigenvalue weighted by atomic mass is 16.3. The van der Waals surface area contributed by atoms with Crippen LogP contribution in [0.4, 0.5) is 0 Å². The monoisotopic (exact) mass is 298 g/mol. The van der Waals surface area contributed by atoms with Gasteiger partial charge < -0.3 is 15.3 Å². The molecule has 0 aromatic carbocycles. The fourth-order valence-corrected chi connectivity index (χ4v) is 3.73. The predicted octanol–water partition coefficient (Wildman–Crippen LogP) is 3.28. The highest BCUT2D eigenvalue weighted by Gasteiger charge is 2.34. The van der Waals surface area contributed by atoms with Gasteiger partial charge in [0.2, 0.25) is 0 Å². The van der Waals surface area contributed by atoms with E-state index in [-0.39, 0.29) is 0 Å². The van der Waals surface area contributed by atoms with Gasteiger partial charge in [0.15, 0.2) is 0 Å². The summed E-state index contributed by atoms with van der Waals surface area (Å²) in [6, 6.07) is 0. The van der Waals surface area contributed by atoms with E-state index >= 15 is 0 Å². The molecule has 1 aliphatic rings. The molecule has 1 rings (SSSR count). The van der Waals surface area contributed by atoms with Gasteiger partial charge in [0.1, 0.15) is 0 Å². The molecule has 1 aliphatic carbocycles. The number of nitrogens with one attached hydrogen (secondary N) is 1. The second kappa shape index (κ2) is 8.50. The molecule has 126 valence electrons. The first-order chi connectivity index (χ1) is 9.85. The molecule has 3 nitrogen and oxygen atoms in total. The average Bonchev–Trinajstić information content (AvgIpc) is 2.83. The molecule has 0 saturated heterocycles. The first kappa shape index (κ1) is 18.9. The Kier molecular flexibility index (Phi) is 7.66. The van der Waals surface area contributed by atoms with Crippen molar-refractivity contribution in [3.8, 4) is 0 Å². The van der Waals surface area contributed by atoms with Crippen LogP contribution in [0.2, 0.25) is 0 Å². The summed E-state index contributed by atoms with van der Waals surface area (Å²) in [5, 5.41) is 14.2. The lowest BCUT2D eigenvalue weighted by Gasteiger charge is -2.38. The molecule has 0 radical (unpaired) electrons. The zero-order valence-corrected chi connectivity index (χ0v) is 15.0. The van der Waals surface area contributed by atoms with Crippen molar-refractivity contribution >= 4 is 0 Å². The Balaban J connectivity index is 2.51. The molecule has 0 bridgehead atoms. The van der Waals surface area contributed by atoms with Crippen molar-refractivity contribution in [2.45, 2.75) is 71.8 Å².